The maximum atomic E-state index is 12.8. The Morgan fingerprint density at radius 3 is 2.59 bits per heavy atom. The van der Waals surface area contributed by atoms with Gasteiger partial charge in [0.05, 0.1) is 16.7 Å². The van der Waals surface area contributed by atoms with Crippen molar-refractivity contribution in [3.63, 3.8) is 0 Å². The number of hydrogen-bond acceptors (Lipinski definition) is 4. The number of rotatable bonds is 3. The van der Waals surface area contributed by atoms with E-state index in [-0.39, 0.29) is 17.7 Å². The molecule has 0 unspecified atom stereocenters. The molecule has 0 aliphatic carbocycles. The van der Waals surface area contributed by atoms with Gasteiger partial charge in [-0.25, -0.2) is 4.90 Å². The molecule has 1 fully saturated rings. The average Bonchev–Trinajstić information content (AvgIpc) is 3.14. The molecule has 132 valence electrons. The summed E-state index contributed by atoms with van der Waals surface area (Å²) in [6.45, 7) is 0.209. The van der Waals surface area contributed by atoms with Crippen molar-refractivity contribution < 1.29 is 9.59 Å². The minimum absolute atomic E-state index is 0.209. The molecule has 0 bridgehead atoms. The number of aromatic nitrogens is 1. The lowest BCUT2D eigenvalue weighted by atomic mass is 10.1. The fourth-order valence-electron chi connectivity index (χ4n) is 3.02. The molecule has 0 saturated carbocycles. The Hall–Kier alpha value is -3.01. The van der Waals surface area contributed by atoms with E-state index in [0.717, 1.165) is 33.1 Å². The number of benzene rings is 2. The topological polar surface area (TPSA) is 66.1 Å². The molecule has 0 radical (unpaired) electrons. The van der Waals surface area contributed by atoms with E-state index in [4.69, 9.17) is 16.9 Å². The number of thioether (sulfide) groups is 1. The minimum Gasteiger partial charge on any atom is -0.333 e. The number of amides is 2. The number of nitriles is 1. The van der Waals surface area contributed by atoms with E-state index >= 15 is 0 Å². The highest BCUT2D eigenvalue weighted by Crippen LogP contribution is 2.37. The van der Waals surface area contributed by atoms with Crippen LogP contribution in [0.15, 0.2) is 59.6 Å². The van der Waals surface area contributed by atoms with Gasteiger partial charge >= 0.3 is 0 Å². The van der Waals surface area contributed by atoms with Crippen LogP contribution in [0.4, 0.5) is 10.5 Å². The van der Waals surface area contributed by atoms with Crippen molar-refractivity contribution in [3.05, 3.63) is 70.2 Å². The zero-order valence-corrected chi connectivity index (χ0v) is 15.5. The summed E-state index contributed by atoms with van der Waals surface area (Å²) in [5.41, 5.74) is 2.18. The molecule has 2 heterocycles. The highest BCUT2D eigenvalue weighted by atomic mass is 35.5. The zero-order valence-electron chi connectivity index (χ0n) is 13.9. The van der Waals surface area contributed by atoms with E-state index in [2.05, 4.69) is 6.07 Å². The Morgan fingerprint density at radius 1 is 1.11 bits per heavy atom. The van der Waals surface area contributed by atoms with Crippen LogP contribution < -0.4 is 4.90 Å². The first kappa shape index (κ1) is 17.4. The van der Waals surface area contributed by atoms with Crippen molar-refractivity contribution in [1.29, 1.82) is 5.26 Å². The maximum absolute atomic E-state index is 12.8. The van der Waals surface area contributed by atoms with Crippen molar-refractivity contribution in [3.8, 4) is 6.07 Å². The first-order chi connectivity index (χ1) is 13.1. The van der Waals surface area contributed by atoms with Crippen LogP contribution in [0.2, 0.25) is 5.02 Å². The summed E-state index contributed by atoms with van der Waals surface area (Å²) in [6.07, 6.45) is 3.53. The van der Waals surface area contributed by atoms with Crippen LogP contribution in [0, 0.1) is 11.3 Å². The standard InChI is InChI=1S/C20H12ClN3O2S/c21-14-5-7-15(8-6-14)24-19(25)18(27-20(24)26)11-13-12-23(10-9-22)17-4-2-1-3-16(13)17/h1-8,11-12H,10H2/b18-11+. The molecule has 0 N–H and O–H groups in total. The second-order valence-electron chi connectivity index (χ2n) is 5.88. The summed E-state index contributed by atoms with van der Waals surface area (Å²) in [6, 6.07) is 16.3. The van der Waals surface area contributed by atoms with Crippen LogP contribution in [0.1, 0.15) is 5.56 Å². The van der Waals surface area contributed by atoms with Crippen molar-refractivity contribution in [2.24, 2.45) is 0 Å². The predicted molar refractivity (Wildman–Crippen MR) is 107 cm³/mol. The fraction of sp³-hybridized carbons (Fsp3) is 0.0500. The Balaban J connectivity index is 1.74. The molecule has 4 rings (SSSR count). The van der Waals surface area contributed by atoms with Crippen molar-refractivity contribution >= 4 is 57.2 Å². The van der Waals surface area contributed by atoms with Gasteiger partial charge in [0.15, 0.2) is 0 Å². The van der Waals surface area contributed by atoms with Gasteiger partial charge in [-0.1, -0.05) is 29.8 Å². The lowest BCUT2D eigenvalue weighted by molar-refractivity contribution is -0.113. The first-order valence-corrected chi connectivity index (χ1v) is 9.26. The second-order valence-corrected chi connectivity index (χ2v) is 7.31. The SMILES string of the molecule is N#CCn1cc(/C=C2/SC(=O)N(c3ccc(Cl)cc3)C2=O)c2ccccc21. The number of halogens is 1. The minimum atomic E-state index is -0.371. The number of hydrogen-bond donors (Lipinski definition) is 0. The lowest BCUT2D eigenvalue weighted by Gasteiger charge is -2.12. The van der Waals surface area contributed by atoms with Gasteiger partial charge in [-0.05, 0) is 48.2 Å². The lowest BCUT2D eigenvalue weighted by Crippen LogP contribution is -2.27. The molecule has 1 saturated heterocycles. The summed E-state index contributed by atoms with van der Waals surface area (Å²) < 4.78 is 1.82. The fourth-order valence-corrected chi connectivity index (χ4v) is 3.98. The third-order valence-corrected chi connectivity index (χ3v) is 5.35. The maximum Gasteiger partial charge on any atom is 0.298 e. The highest BCUT2D eigenvalue weighted by molar-refractivity contribution is 8.19. The molecule has 3 aromatic rings. The van der Waals surface area contributed by atoms with E-state index in [1.807, 2.05) is 35.0 Å². The van der Waals surface area contributed by atoms with Crippen LogP contribution in [-0.2, 0) is 11.3 Å². The number of para-hydroxylation sites is 1. The van der Waals surface area contributed by atoms with Crippen LogP contribution in [0.25, 0.3) is 17.0 Å². The van der Waals surface area contributed by atoms with E-state index in [9.17, 15) is 9.59 Å². The Morgan fingerprint density at radius 2 is 1.85 bits per heavy atom. The summed E-state index contributed by atoms with van der Waals surface area (Å²) in [5.74, 6) is -0.371. The zero-order chi connectivity index (χ0) is 19.0. The molecule has 1 aliphatic heterocycles. The molecule has 27 heavy (non-hydrogen) atoms. The van der Waals surface area contributed by atoms with Gasteiger partial charge in [0.25, 0.3) is 11.1 Å². The van der Waals surface area contributed by atoms with Gasteiger partial charge in [0.2, 0.25) is 0 Å². The molecule has 7 heteroatoms. The largest absolute Gasteiger partial charge is 0.333 e. The van der Waals surface area contributed by atoms with Crippen LogP contribution in [0.3, 0.4) is 0 Å². The van der Waals surface area contributed by atoms with Gasteiger partial charge in [0, 0.05) is 27.7 Å². The summed E-state index contributed by atoms with van der Waals surface area (Å²) in [7, 11) is 0. The van der Waals surface area contributed by atoms with Crippen LogP contribution in [-0.4, -0.2) is 15.7 Å². The van der Waals surface area contributed by atoms with Gasteiger partial charge < -0.3 is 4.57 Å². The number of fused-ring (bicyclic) bond motifs is 1. The molecule has 0 atom stereocenters. The number of nitrogens with zero attached hydrogens (tertiary/aromatic N) is 3. The average molecular weight is 394 g/mol. The van der Waals surface area contributed by atoms with Gasteiger partial charge in [0.1, 0.15) is 6.54 Å². The number of imide groups is 1. The first-order valence-electron chi connectivity index (χ1n) is 8.07. The summed E-state index contributed by atoms with van der Waals surface area (Å²) >= 11 is 6.78. The van der Waals surface area contributed by atoms with Gasteiger partial charge in [-0.15, -0.1) is 0 Å². The molecule has 2 aromatic carbocycles. The molecule has 5 nitrogen and oxygen atoms in total. The number of carbonyl (C=O) groups is 2. The smallest absolute Gasteiger partial charge is 0.298 e. The summed E-state index contributed by atoms with van der Waals surface area (Å²) in [4.78, 5) is 26.7. The highest BCUT2D eigenvalue weighted by Gasteiger charge is 2.36. The molecule has 1 aromatic heterocycles. The van der Waals surface area contributed by atoms with Crippen molar-refractivity contribution in [2.45, 2.75) is 6.54 Å². The molecule has 0 spiro atoms. The monoisotopic (exact) mass is 393 g/mol. The third kappa shape index (κ3) is 3.12. The molecule has 2 amide bonds. The molecule has 1 aliphatic rings. The number of anilines is 1. The van der Waals surface area contributed by atoms with E-state index in [1.165, 1.54) is 0 Å². The van der Waals surface area contributed by atoms with Gasteiger partial charge in [-0.3, -0.25) is 9.59 Å². The van der Waals surface area contributed by atoms with E-state index in [0.29, 0.717) is 15.6 Å². The Bertz CT molecular complexity index is 1140. The Kier molecular flexibility index (Phi) is 4.48. The van der Waals surface area contributed by atoms with Crippen molar-refractivity contribution in [2.75, 3.05) is 4.90 Å². The quantitative estimate of drug-likeness (QED) is 0.583. The van der Waals surface area contributed by atoms with Crippen LogP contribution in [0.5, 0.6) is 0 Å². The predicted octanol–water partition coefficient (Wildman–Crippen LogP) is 5.06. The van der Waals surface area contributed by atoms with E-state index < -0.39 is 0 Å². The molecular weight excluding hydrogens is 382 g/mol. The normalized spacial score (nSPS) is 15.7. The van der Waals surface area contributed by atoms with Crippen LogP contribution >= 0.6 is 23.4 Å². The molecular formula is C20H12ClN3O2S. The Labute approximate surface area is 164 Å². The number of carbonyl (C=O) groups excluding carboxylic acids is 2. The summed E-state index contributed by atoms with van der Waals surface area (Å²) in [5, 5.41) is 10.1. The van der Waals surface area contributed by atoms with Crippen molar-refractivity contribution in [1.82, 2.24) is 4.57 Å². The second kappa shape index (κ2) is 6.95. The van der Waals surface area contributed by atoms with Gasteiger partial charge in [-0.2, -0.15) is 5.26 Å². The third-order valence-electron chi connectivity index (χ3n) is 4.23. The van der Waals surface area contributed by atoms with E-state index in [1.54, 1.807) is 30.3 Å².